The van der Waals surface area contributed by atoms with E-state index in [0.717, 1.165) is 0 Å². The van der Waals surface area contributed by atoms with Gasteiger partial charge >= 0.3 is 0 Å². The van der Waals surface area contributed by atoms with Crippen LogP contribution in [0.4, 0.5) is 0 Å². The first kappa shape index (κ1) is 12.8. The predicted octanol–water partition coefficient (Wildman–Crippen LogP) is -3.60. The second-order valence-electron chi connectivity index (χ2n) is 2.62. The molecular weight excluding hydrogens is 196 g/mol. The Morgan fingerprint density at radius 3 is 2.14 bits per heavy atom. The number of rotatable bonds is 6. The van der Waals surface area contributed by atoms with Gasteiger partial charge in [-0.15, -0.1) is 0 Å². The van der Waals surface area contributed by atoms with Crippen molar-refractivity contribution in [2.75, 3.05) is 6.61 Å². The molecule has 3 unspecified atom stereocenters. The van der Waals surface area contributed by atoms with E-state index in [1.54, 1.807) is 0 Å². The van der Waals surface area contributed by atoms with Crippen LogP contribution in [0.25, 0.3) is 0 Å². The van der Waals surface area contributed by atoms with Crippen LogP contribution in [0.15, 0.2) is 0 Å². The number of ketones is 1. The summed E-state index contributed by atoms with van der Waals surface area (Å²) in [7, 11) is 0. The Morgan fingerprint density at radius 1 is 1.36 bits per heavy atom. The van der Waals surface area contributed by atoms with Crippen LogP contribution in [0.1, 0.15) is 0 Å². The molecule has 80 valence electrons. The molecule has 14 heavy (non-hydrogen) atoms. The summed E-state index contributed by atoms with van der Waals surface area (Å²) in [6.07, 6.45) is -4.87. The van der Waals surface area contributed by atoms with Gasteiger partial charge in [0.1, 0.15) is 12.2 Å². The summed E-state index contributed by atoms with van der Waals surface area (Å²) in [6, 6.07) is 0. The SMILES string of the molecule is O=CC(=O)C(O)(C=O)C(O)C(O)CO. The van der Waals surface area contributed by atoms with Crippen molar-refractivity contribution in [2.24, 2.45) is 0 Å². The summed E-state index contributed by atoms with van der Waals surface area (Å²) in [5, 5.41) is 35.5. The standard InChI is InChI=1S/C7H10O7/c8-1-4(11)6(13)7(14,3-10)5(12)2-9/h2-4,6,8,11,13-14H,1H2. The Bertz CT molecular complexity index is 238. The van der Waals surface area contributed by atoms with Crippen molar-refractivity contribution in [2.45, 2.75) is 17.8 Å². The van der Waals surface area contributed by atoms with Crippen molar-refractivity contribution in [3.05, 3.63) is 0 Å². The number of hydrogen-bond donors (Lipinski definition) is 4. The van der Waals surface area contributed by atoms with Crippen molar-refractivity contribution >= 4 is 18.4 Å². The molecule has 4 N–H and O–H groups in total. The highest BCUT2D eigenvalue weighted by atomic mass is 16.4. The van der Waals surface area contributed by atoms with E-state index < -0.39 is 30.2 Å². The molecule has 0 aromatic rings. The first-order valence-corrected chi connectivity index (χ1v) is 3.59. The molecule has 0 saturated carbocycles. The zero-order chi connectivity index (χ0) is 11.4. The molecule has 0 saturated heterocycles. The van der Waals surface area contributed by atoms with Crippen LogP contribution in [0.2, 0.25) is 0 Å². The summed E-state index contributed by atoms with van der Waals surface area (Å²) in [4.78, 5) is 31.0. The number of hydrogen-bond acceptors (Lipinski definition) is 7. The van der Waals surface area contributed by atoms with Gasteiger partial charge < -0.3 is 20.4 Å². The number of aliphatic hydroxyl groups is 4. The molecule has 0 bridgehead atoms. The third-order valence-electron chi connectivity index (χ3n) is 1.68. The predicted molar refractivity (Wildman–Crippen MR) is 41.2 cm³/mol. The summed E-state index contributed by atoms with van der Waals surface area (Å²) in [5.41, 5.74) is -3.01. The van der Waals surface area contributed by atoms with Crippen molar-refractivity contribution in [1.29, 1.82) is 0 Å². The maximum Gasteiger partial charge on any atom is 0.236 e. The van der Waals surface area contributed by atoms with E-state index in [2.05, 4.69) is 0 Å². The first-order chi connectivity index (χ1) is 6.43. The lowest BCUT2D eigenvalue weighted by Crippen LogP contribution is -2.57. The summed E-state index contributed by atoms with van der Waals surface area (Å²) < 4.78 is 0. The van der Waals surface area contributed by atoms with Crippen LogP contribution >= 0.6 is 0 Å². The largest absolute Gasteiger partial charge is 0.394 e. The number of aldehydes is 2. The van der Waals surface area contributed by atoms with E-state index in [1.165, 1.54) is 0 Å². The van der Waals surface area contributed by atoms with Crippen molar-refractivity contribution in [3.63, 3.8) is 0 Å². The molecule has 0 aliphatic rings. The molecule has 0 amide bonds. The third kappa shape index (κ3) is 2.20. The Morgan fingerprint density at radius 2 is 1.86 bits per heavy atom. The molecule has 0 aromatic heterocycles. The Labute approximate surface area is 78.6 Å². The summed E-state index contributed by atoms with van der Waals surface area (Å²) >= 11 is 0. The minimum absolute atomic E-state index is 0.359. The lowest BCUT2D eigenvalue weighted by molar-refractivity contribution is -0.168. The first-order valence-electron chi connectivity index (χ1n) is 3.59. The van der Waals surface area contributed by atoms with Gasteiger partial charge in [-0.2, -0.15) is 0 Å². The lowest BCUT2D eigenvalue weighted by Gasteiger charge is -2.26. The van der Waals surface area contributed by atoms with Crippen LogP contribution in [0, 0.1) is 0 Å². The molecule has 7 nitrogen and oxygen atoms in total. The fraction of sp³-hybridized carbons (Fsp3) is 0.571. The number of Topliss-reactive ketones (excluding diaryl/α,β-unsaturated/α-hetero) is 1. The second kappa shape index (κ2) is 4.91. The average Bonchev–Trinajstić information content (AvgIpc) is 2.24. The van der Waals surface area contributed by atoms with Gasteiger partial charge in [0.15, 0.2) is 12.6 Å². The van der Waals surface area contributed by atoms with Crippen molar-refractivity contribution in [3.8, 4) is 0 Å². The zero-order valence-electron chi connectivity index (χ0n) is 7.03. The molecule has 0 radical (unpaired) electrons. The van der Waals surface area contributed by atoms with E-state index >= 15 is 0 Å². The molecule has 0 aromatic carbocycles. The molecule has 0 rings (SSSR count). The van der Waals surface area contributed by atoms with Gasteiger partial charge in [-0.3, -0.25) is 14.4 Å². The highest BCUT2D eigenvalue weighted by molar-refractivity contribution is 6.33. The minimum Gasteiger partial charge on any atom is -0.394 e. The Hall–Kier alpha value is -1.15. The fourth-order valence-electron chi connectivity index (χ4n) is 0.761. The molecule has 0 spiro atoms. The van der Waals surface area contributed by atoms with E-state index in [9.17, 15) is 19.5 Å². The van der Waals surface area contributed by atoms with E-state index in [0.29, 0.717) is 0 Å². The van der Waals surface area contributed by atoms with Gasteiger partial charge in [-0.25, -0.2) is 0 Å². The van der Waals surface area contributed by atoms with E-state index in [4.69, 9.17) is 15.3 Å². The van der Waals surface area contributed by atoms with Crippen LogP contribution in [0.3, 0.4) is 0 Å². The summed E-state index contributed by atoms with van der Waals surface area (Å²) in [6.45, 7) is -0.969. The van der Waals surface area contributed by atoms with E-state index in [-0.39, 0.29) is 12.6 Å². The minimum atomic E-state index is -3.01. The number of carbonyl (C=O) groups excluding carboxylic acids is 3. The lowest BCUT2D eigenvalue weighted by atomic mass is 9.90. The molecule has 3 atom stereocenters. The Balaban J connectivity index is 4.93. The molecule has 7 heteroatoms. The van der Waals surface area contributed by atoms with Crippen LogP contribution in [0.5, 0.6) is 0 Å². The second-order valence-corrected chi connectivity index (χ2v) is 2.62. The normalized spacial score (nSPS) is 19.1. The van der Waals surface area contributed by atoms with Gasteiger partial charge in [0.25, 0.3) is 0 Å². The smallest absolute Gasteiger partial charge is 0.236 e. The maximum absolute atomic E-state index is 10.7. The third-order valence-corrected chi connectivity index (χ3v) is 1.68. The topological polar surface area (TPSA) is 132 Å². The molecular formula is C7H10O7. The highest BCUT2D eigenvalue weighted by Gasteiger charge is 2.46. The van der Waals surface area contributed by atoms with Gasteiger partial charge in [0, 0.05) is 0 Å². The monoisotopic (exact) mass is 206 g/mol. The molecule has 0 aliphatic heterocycles. The summed E-state index contributed by atoms with van der Waals surface area (Å²) in [5.74, 6) is -1.59. The van der Waals surface area contributed by atoms with Gasteiger partial charge in [0.2, 0.25) is 11.4 Å². The average molecular weight is 206 g/mol. The molecule has 0 fully saturated rings. The van der Waals surface area contributed by atoms with Crippen LogP contribution in [-0.4, -0.2) is 63.2 Å². The van der Waals surface area contributed by atoms with Crippen LogP contribution < -0.4 is 0 Å². The van der Waals surface area contributed by atoms with Gasteiger partial charge in [0.05, 0.1) is 6.61 Å². The maximum atomic E-state index is 10.7. The number of carbonyl (C=O) groups is 3. The van der Waals surface area contributed by atoms with Gasteiger partial charge in [-0.05, 0) is 0 Å². The van der Waals surface area contributed by atoms with Gasteiger partial charge in [-0.1, -0.05) is 0 Å². The molecule has 0 heterocycles. The van der Waals surface area contributed by atoms with E-state index in [1.807, 2.05) is 0 Å². The molecule has 0 aliphatic carbocycles. The Kier molecular flexibility index (Phi) is 4.51. The zero-order valence-corrected chi connectivity index (χ0v) is 7.03. The van der Waals surface area contributed by atoms with Crippen molar-refractivity contribution < 1.29 is 34.8 Å². The number of aliphatic hydroxyl groups excluding tert-OH is 3. The van der Waals surface area contributed by atoms with Crippen LogP contribution in [-0.2, 0) is 14.4 Å². The van der Waals surface area contributed by atoms with Crippen molar-refractivity contribution in [1.82, 2.24) is 0 Å². The quantitative estimate of drug-likeness (QED) is 0.200. The fourth-order valence-corrected chi connectivity index (χ4v) is 0.761. The highest BCUT2D eigenvalue weighted by Crippen LogP contribution is 2.12.